The van der Waals surface area contributed by atoms with Crippen molar-refractivity contribution < 1.29 is 4.74 Å². The van der Waals surface area contributed by atoms with Gasteiger partial charge in [-0.25, -0.2) is 0 Å². The van der Waals surface area contributed by atoms with Crippen LogP contribution >= 0.6 is 0 Å². The van der Waals surface area contributed by atoms with Crippen LogP contribution in [0.25, 0.3) is 0 Å². The van der Waals surface area contributed by atoms with Crippen LogP contribution in [0.4, 0.5) is 0 Å². The van der Waals surface area contributed by atoms with Gasteiger partial charge in [0.1, 0.15) is 0 Å². The van der Waals surface area contributed by atoms with Gasteiger partial charge in [-0.1, -0.05) is 12.8 Å². The molecule has 0 bridgehead atoms. The number of rotatable bonds is 2. The second-order valence-corrected chi connectivity index (χ2v) is 4.09. The molecule has 2 aliphatic rings. The summed E-state index contributed by atoms with van der Waals surface area (Å²) < 4.78 is 5.47. The topological polar surface area (TPSA) is 21.3 Å². The molecule has 0 amide bonds. The van der Waals surface area contributed by atoms with Crippen LogP contribution < -0.4 is 5.32 Å². The van der Waals surface area contributed by atoms with Gasteiger partial charge in [0.05, 0.1) is 6.10 Å². The molecular formula is C10H19NO. The zero-order chi connectivity index (χ0) is 8.39. The Bertz CT molecular complexity index is 143. The molecule has 2 rings (SSSR count). The zero-order valence-corrected chi connectivity index (χ0v) is 7.88. The minimum atomic E-state index is 0.494. The van der Waals surface area contributed by atoms with Gasteiger partial charge in [0.15, 0.2) is 0 Å². The van der Waals surface area contributed by atoms with Crippen LogP contribution in [0.2, 0.25) is 0 Å². The fraction of sp³-hybridized carbons (Fsp3) is 1.00. The summed E-state index contributed by atoms with van der Waals surface area (Å²) in [5, 5.41) is 3.57. The Morgan fingerprint density at radius 3 is 2.58 bits per heavy atom. The predicted octanol–water partition coefficient (Wildman–Crippen LogP) is 1.55. The van der Waals surface area contributed by atoms with Gasteiger partial charge in [-0.2, -0.15) is 0 Å². The first kappa shape index (κ1) is 8.52. The van der Waals surface area contributed by atoms with Gasteiger partial charge < -0.3 is 10.1 Å². The highest BCUT2D eigenvalue weighted by molar-refractivity contribution is 4.91. The molecule has 1 saturated heterocycles. The van der Waals surface area contributed by atoms with Crippen molar-refractivity contribution in [3.8, 4) is 0 Å². The summed E-state index contributed by atoms with van der Waals surface area (Å²) >= 11 is 0. The molecule has 2 fully saturated rings. The van der Waals surface area contributed by atoms with Crippen molar-refractivity contribution in [1.82, 2.24) is 5.32 Å². The monoisotopic (exact) mass is 169 g/mol. The second kappa shape index (κ2) is 3.75. The van der Waals surface area contributed by atoms with Gasteiger partial charge in [-0.05, 0) is 31.7 Å². The highest BCUT2D eigenvalue weighted by atomic mass is 16.5. The molecule has 0 aromatic carbocycles. The normalized spacial score (nSPS) is 37.8. The molecule has 12 heavy (non-hydrogen) atoms. The molecule has 1 N–H and O–H groups in total. The van der Waals surface area contributed by atoms with E-state index in [0.29, 0.717) is 12.1 Å². The van der Waals surface area contributed by atoms with Gasteiger partial charge in [0.25, 0.3) is 0 Å². The van der Waals surface area contributed by atoms with Crippen LogP contribution in [0.5, 0.6) is 0 Å². The molecule has 70 valence electrons. The molecule has 0 aromatic rings. The van der Waals surface area contributed by atoms with E-state index in [1.807, 2.05) is 7.11 Å². The van der Waals surface area contributed by atoms with Gasteiger partial charge in [-0.15, -0.1) is 0 Å². The summed E-state index contributed by atoms with van der Waals surface area (Å²) in [6.07, 6.45) is 7.39. The molecule has 1 saturated carbocycles. The van der Waals surface area contributed by atoms with E-state index < -0.39 is 0 Å². The van der Waals surface area contributed by atoms with Crippen molar-refractivity contribution in [2.45, 2.75) is 44.2 Å². The zero-order valence-electron chi connectivity index (χ0n) is 7.88. The van der Waals surface area contributed by atoms with E-state index in [4.69, 9.17) is 4.74 Å². The SMILES string of the molecule is COC1CCNC1C1CCCC1. The molecule has 2 heteroatoms. The lowest BCUT2D eigenvalue weighted by atomic mass is 9.95. The maximum Gasteiger partial charge on any atom is 0.0739 e. The van der Waals surface area contributed by atoms with E-state index >= 15 is 0 Å². The van der Waals surface area contributed by atoms with Crippen LogP contribution in [0.15, 0.2) is 0 Å². The number of hydrogen-bond donors (Lipinski definition) is 1. The fourth-order valence-corrected chi connectivity index (χ4v) is 2.75. The van der Waals surface area contributed by atoms with Crippen molar-refractivity contribution in [2.24, 2.45) is 5.92 Å². The minimum absolute atomic E-state index is 0.494. The Hall–Kier alpha value is -0.0800. The number of methoxy groups -OCH3 is 1. The number of nitrogens with one attached hydrogen (secondary N) is 1. The molecule has 1 aliphatic carbocycles. The Kier molecular flexibility index (Phi) is 2.66. The van der Waals surface area contributed by atoms with Crippen LogP contribution in [0.1, 0.15) is 32.1 Å². The molecule has 1 heterocycles. The predicted molar refractivity (Wildman–Crippen MR) is 49.2 cm³/mol. The van der Waals surface area contributed by atoms with E-state index in [9.17, 15) is 0 Å². The Morgan fingerprint density at radius 1 is 1.17 bits per heavy atom. The summed E-state index contributed by atoms with van der Waals surface area (Å²) in [7, 11) is 1.85. The van der Waals surface area contributed by atoms with Gasteiger partial charge in [0, 0.05) is 13.2 Å². The van der Waals surface area contributed by atoms with Crippen LogP contribution in [0.3, 0.4) is 0 Å². The first-order valence-electron chi connectivity index (χ1n) is 5.18. The summed E-state index contributed by atoms with van der Waals surface area (Å²) in [5.74, 6) is 0.900. The molecule has 2 unspecified atom stereocenters. The highest BCUT2D eigenvalue weighted by Crippen LogP contribution is 2.32. The third-order valence-electron chi connectivity index (χ3n) is 3.42. The van der Waals surface area contributed by atoms with Crippen molar-refractivity contribution in [3.63, 3.8) is 0 Å². The summed E-state index contributed by atoms with van der Waals surface area (Å²) in [6.45, 7) is 1.15. The van der Waals surface area contributed by atoms with Gasteiger partial charge in [-0.3, -0.25) is 0 Å². The summed E-state index contributed by atoms with van der Waals surface area (Å²) in [6, 6.07) is 0.664. The summed E-state index contributed by atoms with van der Waals surface area (Å²) in [4.78, 5) is 0. The average molecular weight is 169 g/mol. The van der Waals surface area contributed by atoms with Crippen LogP contribution in [-0.2, 0) is 4.74 Å². The third-order valence-corrected chi connectivity index (χ3v) is 3.42. The highest BCUT2D eigenvalue weighted by Gasteiger charge is 2.34. The Labute approximate surface area is 74.7 Å². The first-order chi connectivity index (χ1) is 5.92. The smallest absolute Gasteiger partial charge is 0.0739 e. The maximum absolute atomic E-state index is 5.47. The number of ether oxygens (including phenoxy) is 1. The van der Waals surface area contributed by atoms with Crippen molar-refractivity contribution in [2.75, 3.05) is 13.7 Å². The molecule has 0 aromatic heterocycles. The minimum Gasteiger partial charge on any atom is -0.380 e. The first-order valence-corrected chi connectivity index (χ1v) is 5.18. The van der Waals surface area contributed by atoms with E-state index in [1.165, 1.54) is 32.1 Å². The third kappa shape index (κ3) is 1.50. The summed E-state index contributed by atoms with van der Waals surface area (Å²) in [5.41, 5.74) is 0. The lowest BCUT2D eigenvalue weighted by Gasteiger charge is -2.24. The molecular weight excluding hydrogens is 150 g/mol. The fourth-order valence-electron chi connectivity index (χ4n) is 2.75. The second-order valence-electron chi connectivity index (χ2n) is 4.09. The molecule has 2 atom stereocenters. The van der Waals surface area contributed by atoms with E-state index in [2.05, 4.69) is 5.32 Å². The van der Waals surface area contributed by atoms with Crippen molar-refractivity contribution in [3.05, 3.63) is 0 Å². The Balaban J connectivity index is 1.92. The molecule has 1 aliphatic heterocycles. The molecule has 0 spiro atoms. The maximum atomic E-state index is 5.47. The van der Waals surface area contributed by atoms with Crippen LogP contribution in [0, 0.1) is 5.92 Å². The quantitative estimate of drug-likeness (QED) is 0.677. The van der Waals surface area contributed by atoms with Crippen molar-refractivity contribution in [1.29, 1.82) is 0 Å². The van der Waals surface area contributed by atoms with Crippen LogP contribution in [-0.4, -0.2) is 25.8 Å². The van der Waals surface area contributed by atoms with Crippen molar-refractivity contribution >= 4 is 0 Å². The lowest BCUT2D eigenvalue weighted by Crippen LogP contribution is -2.37. The standard InChI is InChI=1S/C10H19NO/c1-12-9-6-7-11-10(9)8-4-2-3-5-8/h8-11H,2-7H2,1H3. The van der Waals surface area contributed by atoms with E-state index in [1.54, 1.807) is 0 Å². The van der Waals surface area contributed by atoms with E-state index in [-0.39, 0.29) is 0 Å². The largest absolute Gasteiger partial charge is 0.380 e. The Morgan fingerprint density at radius 2 is 1.92 bits per heavy atom. The molecule has 0 radical (unpaired) electrons. The lowest BCUT2D eigenvalue weighted by molar-refractivity contribution is 0.0740. The number of hydrogen-bond acceptors (Lipinski definition) is 2. The van der Waals surface area contributed by atoms with E-state index in [0.717, 1.165) is 12.5 Å². The molecule has 2 nitrogen and oxygen atoms in total. The average Bonchev–Trinajstić information content (AvgIpc) is 2.74. The van der Waals surface area contributed by atoms with Gasteiger partial charge >= 0.3 is 0 Å². The van der Waals surface area contributed by atoms with Gasteiger partial charge in [0.2, 0.25) is 0 Å².